The molecule has 2 fully saturated rings. The summed E-state index contributed by atoms with van der Waals surface area (Å²) < 4.78 is 5.45. The second kappa shape index (κ2) is 5.52. The minimum atomic E-state index is -0.752. The molecule has 1 aromatic heterocycles. The van der Waals surface area contributed by atoms with Crippen molar-refractivity contribution in [3.63, 3.8) is 0 Å². The third kappa shape index (κ3) is 2.68. The summed E-state index contributed by atoms with van der Waals surface area (Å²) in [4.78, 5) is 25.4. The molecule has 6 nitrogen and oxygen atoms in total. The van der Waals surface area contributed by atoms with E-state index >= 15 is 0 Å². The van der Waals surface area contributed by atoms with Gasteiger partial charge in [0.05, 0.1) is 6.54 Å². The number of nitrogens with zero attached hydrogens (tertiary/aromatic N) is 1. The van der Waals surface area contributed by atoms with E-state index in [-0.39, 0.29) is 36.9 Å². The maximum atomic E-state index is 12.6. The van der Waals surface area contributed by atoms with Gasteiger partial charge in [-0.25, -0.2) is 0 Å². The van der Waals surface area contributed by atoms with Crippen LogP contribution in [0.5, 0.6) is 0 Å². The number of hydrogen-bond acceptors (Lipinski definition) is 4. The third-order valence-corrected chi connectivity index (χ3v) is 4.60. The summed E-state index contributed by atoms with van der Waals surface area (Å²) in [5.41, 5.74) is 5.50. The Bertz CT molecular complexity index is 540. The Morgan fingerprint density at radius 2 is 1.95 bits per heavy atom. The Morgan fingerprint density at radius 1 is 1.29 bits per heavy atom. The van der Waals surface area contributed by atoms with Crippen LogP contribution in [0.4, 0.5) is 0 Å². The van der Waals surface area contributed by atoms with Gasteiger partial charge in [0.15, 0.2) is 5.76 Å². The lowest BCUT2D eigenvalue weighted by Gasteiger charge is -2.38. The number of carboxylic acid groups (broad SMARTS) is 1. The number of nitrogens with two attached hydrogens (primary N) is 1. The summed E-state index contributed by atoms with van der Waals surface area (Å²) in [6.45, 7) is 0.279. The number of aliphatic carboxylic acids is 1. The van der Waals surface area contributed by atoms with Gasteiger partial charge in [-0.05, 0) is 43.7 Å². The normalized spacial score (nSPS) is 27.9. The van der Waals surface area contributed by atoms with E-state index < -0.39 is 5.97 Å². The molecule has 2 aliphatic rings. The summed E-state index contributed by atoms with van der Waals surface area (Å²) in [6.07, 6.45) is 3.67. The number of carbonyl (C=O) groups is 2. The van der Waals surface area contributed by atoms with Crippen molar-refractivity contribution in [2.24, 2.45) is 11.7 Å². The lowest BCUT2D eigenvalue weighted by atomic mass is 9.88. The number of carbonyl (C=O) groups excluding carboxylic acids is 1. The summed E-state index contributed by atoms with van der Waals surface area (Å²) in [5, 5.41) is 8.93. The first kappa shape index (κ1) is 14.1. The Hall–Kier alpha value is -1.82. The van der Waals surface area contributed by atoms with E-state index in [9.17, 15) is 9.59 Å². The van der Waals surface area contributed by atoms with Crippen molar-refractivity contribution >= 4 is 11.9 Å². The predicted molar refractivity (Wildman–Crippen MR) is 74.6 cm³/mol. The summed E-state index contributed by atoms with van der Waals surface area (Å²) in [6, 6.07) is 3.69. The van der Waals surface area contributed by atoms with Crippen LogP contribution in [0.25, 0.3) is 0 Å². The van der Waals surface area contributed by atoms with Crippen molar-refractivity contribution in [1.82, 2.24) is 4.90 Å². The predicted octanol–water partition coefficient (Wildman–Crippen LogP) is 1.60. The van der Waals surface area contributed by atoms with Gasteiger partial charge in [0.1, 0.15) is 5.76 Å². The van der Waals surface area contributed by atoms with Gasteiger partial charge in [0.25, 0.3) is 5.91 Å². The quantitative estimate of drug-likeness (QED) is 0.878. The highest BCUT2D eigenvalue weighted by molar-refractivity contribution is 5.92. The number of carboxylic acids is 1. The second-order valence-corrected chi connectivity index (χ2v) is 6.00. The van der Waals surface area contributed by atoms with Crippen LogP contribution < -0.4 is 5.73 Å². The van der Waals surface area contributed by atoms with Gasteiger partial charge in [-0.1, -0.05) is 0 Å². The van der Waals surface area contributed by atoms with Gasteiger partial charge in [-0.15, -0.1) is 0 Å². The largest absolute Gasteiger partial charge is 0.481 e. The van der Waals surface area contributed by atoms with Crippen molar-refractivity contribution < 1.29 is 19.1 Å². The maximum absolute atomic E-state index is 12.6. The lowest BCUT2D eigenvalue weighted by Crippen LogP contribution is -2.46. The van der Waals surface area contributed by atoms with E-state index in [1.807, 2.05) is 4.90 Å². The zero-order valence-electron chi connectivity index (χ0n) is 11.8. The molecule has 3 rings (SSSR count). The molecule has 3 heterocycles. The van der Waals surface area contributed by atoms with Crippen molar-refractivity contribution in [3.8, 4) is 0 Å². The molecule has 114 valence electrons. The Labute approximate surface area is 122 Å². The fourth-order valence-electron chi connectivity index (χ4n) is 3.76. The Kier molecular flexibility index (Phi) is 3.71. The van der Waals surface area contributed by atoms with E-state index in [2.05, 4.69) is 0 Å². The van der Waals surface area contributed by atoms with Gasteiger partial charge in [0.2, 0.25) is 0 Å². The zero-order chi connectivity index (χ0) is 15.0. The van der Waals surface area contributed by atoms with Crippen LogP contribution in [0.2, 0.25) is 0 Å². The van der Waals surface area contributed by atoms with Crippen LogP contribution in [-0.4, -0.2) is 34.0 Å². The van der Waals surface area contributed by atoms with Crippen LogP contribution >= 0.6 is 0 Å². The molecule has 0 spiro atoms. The highest BCUT2D eigenvalue weighted by Gasteiger charge is 2.44. The van der Waals surface area contributed by atoms with Gasteiger partial charge in [-0.3, -0.25) is 9.59 Å². The van der Waals surface area contributed by atoms with Gasteiger partial charge < -0.3 is 20.2 Å². The van der Waals surface area contributed by atoms with E-state index in [0.717, 1.165) is 25.7 Å². The van der Waals surface area contributed by atoms with Crippen LogP contribution in [0, 0.1) is 5.92 Å². The van der Waals surface area contributed by atoms with E-state index in [1.54, 1.807) is 12.1 Å². The Morgan fingerprint density at radius 3 is 2.48 bits per heavy atom. The smallest absolute Gasteiger partial charge is 0.303 e. The number of piperidine rings is 1. The molecule has 0 saturated carbocycles. The number of fused-ring (bicyclic) bond motifs is 2. The average molecular weight is 292 g/mol. The SMILES string of the molecule is NCc1ccc(C(=O)N2C3CCC2CC(CC(=O)O)C3)o1. The number of furan rings is 1. The first-order valence-electron chi connectivity index (χ1n) is 7.41. The molecule has 2 unspecified atom stereocenters. The molecule has 2 bridgehead atoms. The van der Waals surface area contributed by atoms with E-state index in [0.29, 0.717) is 11.5 Å². The fourth-order valence-corrected chi connectivity index (χ4v) is 3.76. The summed E-state index contributed by atoms with van der Waals surface area (Å²) >= 11 is 0. The lowest BCUT2D eigenvalue weighted by molar-refractivity contribution is -0.138. The van der Waals surface area contributed by atoms with E-state index in [4.69, 9.17) is 15.3 Å². The number of rotatable bonds is 4. The molecule has 0 aliphatic carbocycles. The fraction of sp³-hybridized carbons (Fsp3) is 0.600. The molecule has 2 saturated heterocycles. The van der Waals surface area contributed by atoms with Crippen molar-refractivity contribution in [3.05, 3.63) is 23.7 Å². The topological polar surface area (TPSA) is 96.8 Å². The zero-order valence-corrected chi connectivity index (χ0v) is 11.8. The summed E-state index contributed by atoms with van der Waals surface area (Å²) in [5.74, 6) is 0.282. The minimum Gasteiger partial charge on any atom is -0.481 e. The van der Waals surface area contributed by atoms with Gasteiger partial charge in [-0.2, -0.15) is 0 Å². The van der Waals surface area contributed by atoms with Crippen LogP contribution in [0.15, 0.2) is 16.5 Å². The molecule has 3 N–H and O–H groups in total. The van der Waals surface area contributed by atoms with Crippen molar-refractivity contribution in [2.45, 2.75) is 50.7 Å². The number of hydrogen-bond donors (Lipinski definition) is 2. The van der Waals surface area contributed by atoms with Gasteiger partial charge >= 0.3 is 5.97 Å². The molecular weight excluding hydrogens is 272 g/mol. The van der Waals surface area contributed by atoms with Crippen LogP contribution in [0.3, 0.4) is 0 Å². The molecule has 21 heavy (non-hydrogen) atoms. The van der Waals surface area contributed by atoms with E-state index in [1.165, 1.54) is 0 Å². The minimum absolute atomic E-state index is 0.0871. The number of amides is 1. The molecular formula is C15H20N2O4. The molecule has 6 heteroatoms. The second-order valence-electron chi connectivity index (χ2n) is 6.00. The van der Waals surface area contributed by atoms with Crippen LogP contribution in [-0.2, 0) is 11.3 Å². The van der Waals surface area contributed by atoms with Crippen molar-refractivity contribution in [1.29, 1.82) is 0 Å². The maximum Gasteiger partial charge on any atom is 0.303 e. The van der Waals surface area contributed by atoms with Gasteiger partial charge in [0, 0.05) is 18.5 Å². The molecule has 0 radical (unpaired) electrons. The standard InChI is InChI=1S/C15H20N2O4/c16-8-12-3-4-13(21-12)15(20)17-10-1-2-11(17)6-9(5-10)7-14(18)19/h3-4,9-11H,1-2,5-8,16H2,(H,18,19). The van der Waals surface area contributed by atoms with Crippen LogP contribution in [0.1, 0.15) is 48.4 Å². The molecule has 2 aliphatic heterocycles. The molecule has 1 aromatic rings. The Balaban J connectivity index is 1.72. The first-order valence-corrected chi connectivity index (χ1v) is 7.41. The molecule has 1 amide bonds. The van der Waals surface area contributed by atoms with Crippen molar-refractivity contribution in [2.75, 3.05) is 0 Å². The first-order chi connectivity index (χ1) is 10.1. The molecule has 0 aromatic carbocycles. The monoisotopic (exact) mass is 292 g/mol. The third-order valence-electron chi connectivity index (χ3n) is 4.60. The highest BCUT2D eigenvalue weighted by atomic mass is 16.4. The summed E-state index contributed by atoms with van der Waals surface area (Å²) in [7, 11) is 0. The average Bonchev–Trinajstić information content (AvgIpc) is 3.01. The molecule has 2 atom stereocenters. The highest BCUT2D eigenvalue weighted by Crippen LogP contribution is 2.40.